The first-order valence-corrected chi connectivity index (χ1v) is 12.0. The molecule has 180 valence electrons. The van der Waals surface area contributed by atoms with Gasteiger partial charge in [-0.25, -0.2) is 0 Å². The molecule has 1 amide bonds. The molecule has 2 heterocycles. The molecule has 2 unspecified atom stereocenters. The van der Waals surface area contributed by atoms with Crippen LogP contribution < -0.4 is 10.6 Å². The maximum Gasteiger partial charge on any atom is 0.225 e. The predicted molar refractivity (Wildman–Crippen MR) is 144 cm³/mol. The van der Waals surface area contributed by atoms with Gasteiger partial charge in [-0.2, -0.15) is 0 Å². The van der Waals surface area contributed by atoms with Gasteiger partial charge in [0.05, 0.1) is 6.54 Å². The molecule has 1 aromatic rings. The number of aliphatic imine (C=N–C) groups is 1. The maximum absolute atomic E-state index is 12.3. The Bertz CT molecular complexity index is 766. The van der Waals surface area contributed by atoms with Crippen molar-refractivity contribution in [2.24, 2.45) is 16.8 Å². The van der Waals surface area contributed by atoms with Crippen LogP contribution in [0.3, 0.4) is 0 Å². The van der Waals surface area contributed by atoms with Crippen LogP contribution in [-0.4, -0.2) is 66.5 Å². The van der Waals surface area contributed by atoms with Gasteiger partial charge in [-0.05, 0) is 36.8 Å². The highest BCUT2D eigenvalue weighted by atomic mass is 127. The SMILES string of the molecule is CCNC(=NCC(C(C)C)N1CCc2ccccc2C1)NC1CCN(C(=O)C(C)C)C1.I. The van der Waals surface area contributed by atoms with E-state index in [-0.39, 0.29) is 41.8 Å². The Hall–Kier alpha value is -1.35. The highest BCUT2D eigenvalue weighted by Crippen LogP contribution is 2.23. The quantitative estimate of drug-likeness (QED) is 0.307. The van der Waals surface area contributed by atoms with Crippen LogP contribution in [0.2, 0.25) is 0 Å². The van der Waals surface area contributed by atoms with E-state index in [1.807, 2.05) is 18.7 Å². The molecule has 1 fully saturated rings. The van der Waals surface area contributed by atoms with Crippen molar-refractivity contribution >= 4 is 35.8 Å². The maximum atomic E-state index is 12.3. The fraction of sp³-hybridized carbons (Fsp3) is 0.680. The van der Waals surface area contributed by atoms with Crippen LogP contribution in [-0.2, 0) is 17.8 Å². The largest absolute Gasteiger partial charge is 0.357 e. The highest BCUT2D eigenvalue weighted by molar-refractivity contribution is 14.0. The predicted octanol–water partition coefficient (Wildman–Crippen LogP) is 3.50. The van der Waals surface area contributed by atoms with Crippen LogP contribution in [0.4, 0.5) is 0 Å². The zero-order chi connectivity index (χ0) is 22.4. The lowest BCUT2D eigenvalue weighted by Crippen LogP contribution is -2.47. The summed E-state index contributed by atoms with van der Waals surface area (Å²) in [6.07, 6.45) is 2.09. The van der Waals surface area contributed by atoms with Gasteiger partial charge in [0.25, 0.3) is 0 Å². The summed E-state index contributed by atoms with van der Waals surface area (Å²) in [5, 5.41) is 6.99. The normalized spacial score (nSPS) is 20.2. The number of hydrogen-bond acceptors (Lipinski definition) is 3. The molecule has 0 aliphatic carbocycles. The molecule has 2 N–H and O–H groups in total. The molecule has 2 aliphatic rings. The zero-order valence-corrected chi connectivity index (χ0v) is 22.8. The van der Waals surface area contributed by atoms with Gasteiger partial charge in [0, 0.05) is 50.7 Å². The van der Waals surface area contributed by atoms with Crippen molar-refractivity contribution in [3.63, 3.8) is 0 Å². The fourth-order valence-electron chi connectivity index (χ4n) is 4.69. The molecular formula is C25H42IN5O. The van der Waals surface area contributed by atoms with Gasteiger partial charge in [0.15, 0.2) is 5.96 Å². The number of carbonyl (C=O) groups excluding carboxylic acids is 1. The summed E-state index contributed by atoms with van der Waals surface area (Å²) in [7, 11) is 0. The van der Waals surface area contributed by atoms with Gasteiger partial charge in [0.2, 0.25) is 5.91 Å². The molecule has 0 saturated carbocycles. The van der Waals surface area contributed by atoms with Crippen molar-refractivity contribution in [2.75, 3.05) is 32.7 Å². The van der Waals surface area contributed by atoms with Crippen LogP contribution in [0.15, 0.2) is 29.3 Å². The first-order valence-electron chi connectivity index (χ1n) is 12.0. The summed E-state index contributed by atoms with van der Waals surface area (Å²) in [6.45, 7) is 15.9. The molecular weight excluding hydrogens is 513 g/mol. The van der Waals surface area contributed by atoms with Crippen LogP contribution in [0, 0.1) is 11.8 Å². The molecule has 7 heteroatoms. The molecule has 1 aromatic carbocycles. The summed E-state index contributed by atoms with van der Waals surface area (Å²) >= 11 is 0. The Morgan fingerprint density at radius 3 is 2.53 bits per heavy atom. The average Bonchev–Trinajstić information content (AvgIpc) is 3.21. The third kappa shape index (κ3) is 7.07. The fourth-order valence-corrected chi connectivity index (χ4v) is 4.69. The van der Waals surface area contributed by atoms with E-state index < -0.39 is 0 Å². The van der Waals surface area contributed by atoms with Crippen molar-refractivity contribution in [3.8, 4) is 0 Å². The second-order valence-electron chi connectivity index (χ2n) is 9.59. The lowest BCUT2D eigenvalue weighted by molar-refractivity contribution is -0.133. The minimum Gasteiger partial charge on any atom is -0.357 e. The molecule has 3 rings (SSSR count). The molecule has 32 heavy (non-hydrogen) atoms. The van der Waals surface area contributed by atoms with Crippen molar-refractivity contribution < 1.29 is 4.79 Å². The topological polar surface area (TPSA) is 60.0 Å². The smallest absolute Gasteiger partial charge is 0.225 e. The van der Waals surface area contributed by atoms with E-state index in [4.69, 9.17) is 4.99 Å². The molecule has 0 spiro atoms. The minimum atomic E-state index is 0. The highest BCUT2D eigenvalue weighted by Gasteiger charge is 2.29. The second kappa shape index (κ2) is 12.8. The van der Waals surface area contributed by atoms with Crippen LogP contribution in [0.25, 0.3) is 0 Å². The summed E-state index contributed by atoms with van der Waals surface area (Å²) < 4.78 is 0. The number of guanidine groups is 1. The number of fused-ring (bicyclic) bond motifs is 1. The van der Waals surface area contributed by atoms with E-state index in [0.717, 1.165) is 58.1 Å². The Morgan fingerprint density at radius 2 is 1.88 bits per heavy atom. The van der Waals surface area contributed by atoms with E-state index >= 15 is 0 Å². The van der Waals surface area contributed by atoms with E-state index in [1.165, 1.54) is 11.1 Å². The number of nitrogens with one attached hydrogen (secondary N) is 2. The number of rotatable bonds is 7. The molecule has 0 radical (unpaired) electrons. The van der Waals surface area contributed by atoms with Gasteiger partial charge in [-0.15, -0.1) is 24.0 Å². The van der Waals surface area contributed by atoms with Crippen LogP contribution in [0.5, 0.6) is 0 Å². The Kier molecular flexibility index (Phi) is 10.7. The van der Waals surface area contributed by atoms with Crippen LogP contribution in [0.1, 0.15) is 52.2 Å². The van der Waals surface area contributed by atoms with Crippen molar-refractivity contribution in [2.45, 2.75) is 66.1 Å². The molecule has 1 saturated heterocycles. The number of nitrogens with zero attached hydrogens (tertiary/aromatic N) is 3. The van der Waals surface area contributed by atoms with Crippen molar-refractivity contribution in [3.05, 3.63) is 35.4 Å². The second-order valence-corrected chi connectivity index (χ2v) is 9.59. The molecule has 2 atom stereocenters. The summed E-state index contributed by atoms with van der Waals surface area (Å²) in [5.41, 5.74) is 2.94. The van der Waals surface area contributed by atoms with E-state index in [0.29, 0.717) is 12.0 Å². The summed E-state index contributed by atoms with van der Waals surface area (Å²) in [6, 6.07) is 9.49. The van der Waals surface area contributed by atoms with Gasteiger partial charge in [-0.1, -0.05) is 52.0 Å². The third-order valence-corrected chi connectivity index (χ3v) is 6.51. The van der Waals surface area contributed by atoms with Crippen molar-refractivity contribution in [1.29, 1.82) is 0 Å². The molecule has 0 bridgehead atoms. The minimum absolute atomic E-state index is 0. The Morgan fingerprint density at radius 1 is 1.16 bits per heavy atom. The monoisotopic (exact) mass is 555 g/mol. The van der Waals surface area contributed by atoms with Crippen molar-refractivity contribution in [1.82, 2.24) is 20.4 Å². The van der Waals surface area contributed by atoms with Gasteiger partial charge < -0.3 is 15.5 Å². The van der Waals surface area contributed by atoms with Crippen LogP contribution >= 0.6 is 24.0 Å². The van der Waals surface area contributed by atoms with Gasteiger partial charge in [-0.3, -0.25) is 14.7 Å². The summed E-state index contributed by atoms with van der Waals surface area (Å²) in [4.78, 5) is 21.9. The lowest BCUT2D eigenvalue weighted by Gasteiger charge is -2.37. The molecule has 6 nitrogen and oxygen atoms in total. The van der Waals surface area contributed by atoms with E-state index in [9.17, 15) is 4.79 Å². The van der Waals surface area contributed by atoms with Gasteiger partial charge in [0.1, 0.15) is 0 Å². The number of carbonyl (C=O) groups is 1. The Balaban J connectivity index is 0.00000363. The first-order chi connectivity index (χ1) is 14.9. The summed E-state index contributed by atoms with van der Waals surface area (Å²) in [5.74, 6) is 1.70. The average molecular weight is 556 g/mol. The van der Waals surface area contributed by atoms with E-state index in [1.54, 1.807) is 0 Å². The van der Waals surface area contributed by atoms with Gasteiger partial charge >= 0.3 is 0 Å². The number of likely N-dealkylation sites (tertiary alicyclic amines) is 1. The lowest BCUT2D eigenvalue weighted by atomic mass is 9.95. The first kappa shape index (κ1) is 26.9. The third-order valence-electron chi connectivity index (χ3n) is 6.51. The standard InChI is InChI=1S/C25H41N5O.HI/c1-6-26-25(28-22-12-14-30(17-22)24(31)19(4)5)27-15-23(18(2)3)29-13-11-20-9-7-8-10-21(20)16-29;/h7-10,18-19,22-23H,6,11-17H2,1-5H3,(H2,26,27,28);1H. The zero-order valence-electron chi connectivity index (χ0n) is 20.4. The molecule has 2 aliphatic heterocycles. The number of benzene rings is 1. The molecule has 0 aromatic heterocycles. The number of halogens is 1. The van der Waals surface area contributed by atoms with E-state index in [2.05, 4.69) is 60.6 Å². The number of amides is 1. The Labute approximate surface area is 211 Å². The number of hydrogen-bond donors (Lipinski definition) is 2.